The summed E-state index contributed by atoms with van der Waals surface area (Å²) < 4.78 is 0. The number of hydrogen-bond donors (Lipinski definition) is 1. The van der Waals surface area contributed by atoms with E-state index < -0.39 is 12.0 Å². The van der Waals surface area contributed by atoms with Gasteiger partial charge in [0.15, 0.2) is 0 Å². The molecule has 0 spiro atoms. The van der Waals surface area contributed by atoms with Crippen LogP contribution in [-0.4, -0.2) is 37.3 Å². The molecule has 0 fully saturated rings. The first-order valence-electron chi connectivity index (χ1n) is 6.44. The van der Waals surface area contributed by atoms with Gasteiger partial charge in [0, 0.05) is 20.1 Å². The molecule has 0 saturated carbocycles. The summed E-state index contributed by atoms with van der Waals surface area (Å²) in [5, 5.41) is 9.39. The van der Waals surface area contributed by atoms with E-state index in [1.807, 2.05) is 43.1 Å². The molecule has 0 radical (unpaired) electrons. The maximum atomic E-state index is 11.4. The minimum Gasteiger partial charge on any atom is -0.480 e. The van der Waals surface area contributed by atoms with Crippen LogP contribution in [0.5, 0.6) is 0 Å². The lowest BCUT2D eigenvalue weighted by atomic mass is 10.1. The topological polar surface area (TPSA) is 43.8 Å². The molecule has 1 aromatic carbocycles. The van der Waals surface area contributed by atoms with E-state index in [-0.39, 0.29) is 0 Å². The summed E-state index contributed by atoms with van der Waals surface area (Å²) in [7, 11) is 2.05. The van der Waals surface area contributed by atoms with Crippen molar-refractivity contribution in [2.45, 2.75) is 25.8 Å². The third kappa shape index (κ3) is 2.28. The number of carboxylic acid groups (broad SMARTS) is 1. The summed E-state index contributed by atoms with van der Waals surface area (Å²) in [6.07, 6.45) is 1.57. The van der Waals surface area contributed by atoms with Crippen molar-refractivity contribution >= 4 is 17.3 Å². The summed E-state index contributed by atoms with van der Waals surface area (Å²) in [6, 6.07) is 7.61. The minimum absolute atomic E-state index is 0.412. The fraction of sp³-hybridized carbons (Fsp3) is 0.500. The fourth-order valence-electron chi connectivity index (χ4n) is 2.54. The number of para-hydroxylation sites is 2. The molecule has 1 N–H and O–H groups in total. The van der Waals surface area contributed by atoms with E-state index in [4.69, 9.17) is 0 Å². The lowest BCUT2D eigenvalue weighted by Crippen LogP contribution is -2.48. The van der Waals surface area contributed by atoms with Crippen molar-refractivity contribution < 1.29 is 9.90 Å². The SMILES string of the molecule is CCCC(C(=O)O)N1CCN(C)c2ccccc21. The smallest absolute Gasteiger partial charge is 0.326 e. The van der Waals surface area contributed by atoms with Crippen molar-refractivity contribution in [1.82, 2.24) is 0 Å². The van der Waals surface area contributed by atoms with Crippen LogP contribution >= 0.6 is 0 Å². The van der Waals surface area contributed by atoms with Gasteiger partial charge < -0.3 is 14.9 Å². The van der Waals surface area contributed by atoms with Crippen LogP contribution in [0.2, 0.25) is 0 Å². The number of carbonyl (C=O) groups is 1. The van der Waals surface area contributed by atoms with Crippen molar-refractivity contribution in [2.75, 3.05) is 29.9 Å². The first-order chi connectivity index (χ1) is 8.65. The summed E-state index contributed by atoms with van der Waals surface area (Å²) in [5.74, 6) is -0.726. The molecular formula is C14H20N2O2. The van der Waals surface area contributed by atoms with E-state index in [0.29, 0.717) is 6.42 Å². The predicted molar refractivity (Wildman–Crippen MR) is 73.4 cm³/mol. The van der Waals surface area contributed by atoms with Crippen LogP contribution in [0.15, 0.2) is 24.3 Å². The first kappa shape index (κ1) is 12.7. The maximum Gasteiger partial charge on any atom is 0.326 e. The van der Waals surface area contributed by atoms with Gasteiger partial charge in [-0.05, 0) is 18.6 Å². The van der Waals surface area contributed by atoms with Gasteiger partial charge >= 0.3 is 5.97 Å². The number of carboxylic acids is 1. The predicted octanol–water partition coefficient (Wildman–Crippen LogP) is 2.20. The number of anilines is 2. The molecule has 98 valence electrons. The van der Waals surface area contributed by atoms with Gasteiger partial charge in [0.05, 0.1) is 11.4 Å². The van der Waals surface area contributed by atoms with Gasteiger partial charge in [-0.2, -0.15) is 0 Å². The summed E-state index contributed by atoms with van der Waals surface area (Å²) in [6.45, 7) is 3.66. The van der Waals surface area contributed by atoms with Crippen LogP contribution < -0.4 is 9.80 Å². The second kappa shape index (κ2) is 5.29. The molecule has 18 heavy (non-hydrogen) atoms. The Kier molecular flexibility index (Phi) is 3.75. The Hall–Kier alpha value is -1.71. The molecule has 1 atom stereocenters. The summed E-state index contributed by atoms with van der Waals surface area (Å²) in [5.41, 5.74) is 2.15. The number of fused-ring (bicyclic) bond motifs is 1. The molecule has 2 rings (SSSR count). The number of rotatable bonds is 4. The molecule has 1 aliphatic rings. The number of hydrogen-bond acceptors (Lipinski definition) is 3. The molecule has 4 heteroatoms. The number of aliphatic carboxylic acids is 1. The number of benzene rings is 1. The fourth-order valence-corrected chi connectivity index (χ4v) is 2.54. The van der Waals surface area contributed by atoms with Gasteiger partial charge in [0.1, 0.15) is 6.04 Å². The molecule has 1 aromatic rings. The second-order valence-electron chi connectivity index (χ2n) is 4.75. The summed E-state index contributed by atoms with van der Waals surface area (Å²) >= 11 is 0. The molecule has 0 amide bonds. The Morgan fingerprint density at radius 1 is 1.33 bits per heavy atom. The molecular weight excluding hydrogens is 228 g/mol. The van der Waals surface area contributed by atoms with Crippen LogP contribution in [0.1, 0.15) is 19.8 Å². The number of likely N-dealkylation sites (N-methyl/N-ethyl adjacent to an activating group) is 1. The third-order valence-electron chi connectivity index (χ3n) is 3.50. The zero-order valence-electron chi connectivity index (χ0n) is 11.0. The lowest BCUT2D eigenvalue weighted by Gasteiger charge is -2.40. The minimum atomic E-state index is -0.726. The number of nitrogens with zero attached hydrogens (tertiary/aromatic N) is 2. The van der Waals surface area contributed by atoms with Gasteiger partial charge in [-0.15, -0.1) is 0 Å². The van der Waals surface area contributed by atoms with Crippen LogP contribution in [0.3, 0.4) is 0 Å². The monoisotopic (exact) mass is 248 g/mol. The quantitative estimate of drug-likeness (QED) is 0.887. The van der Waals surface area contributed by atoms with Crippen LogP contribution in [0.25, 0.3) is 0 Å². The Balaban J connectivity index is 2.35. The van der Waals surface area contributed by atoms with Crippen molar-refractivity contribution in [3.63, 3.8) is 0 Å². The third-order valence-corrected chi connectivity index (χ3v) is 3.50. The zero-order chi connectivity index (χ0) is 13.1. The maximum absolute atomic E-state index is 11.4. The van der Waals surface area contributed by atoms with Gasteiger partial charge in [-0.25, -0.2) is 4.79 Å². The van der Waals surface area contributed by atoms with Crippen LogP contribution in [-0.2, 0) is 4.79 Å². The average molecular weight is 248 g/mol. The second-order valence-corrected chi connectivity index (χ2v) is 4.75. The van der Waals surface area contributed by atoms with Crippen molar-refractivity contribution in [1.29, 1.82) is 0 Å². The van der Waals surface area contributed by atoms with Gasteiger partial charge in [0.2, 0.25) is 0 Å². The average Bonchev–Trinajstić information content (AvgIpc) is 2.37. The Morgan fingerprint density at radius 2 is 2.00 bits per heavy atom. The van der Waals surface area contributed by atoms with E-state index in [1.165, 1.54) is 0 Å². The molecule has 4 nitrogen and oxygen atoms in total. The Bertz CT molecular complexity index is 434. The Morgan fingerprint density at radius 3 is 2.61 bits per heavy atom. The highest BCUT2D eigenvalue weighted by molar-refractivity contribution is 5.82. The van der Waals surface area contributed by atoms with Gasteiger partial charge in [-0.3, -0.25) is 0 Å². The van der Waals surface area contributed by atoms with E-state index in [9.17, 15) is 9.90 Å². The normalized spacial score (nSPS) is 16.3. The standard InChI is InChI=1S/C14H20N2O2/c1-3-6-13(14(17)18)16-10-9-15(2)11-7-4-5-8-12(11)16/h4-5,7-8,13H,3,6,9-10H2,1-2H3,(H,17,18). The van der Waals surface area contributed by atoms with E-state index >= 15 is 0 Å². The summed E-state index contributed by atoms with van der Waals surface area (Å²) in [4.78, 5) is 15.6. The Labute approximate surface area is 108 Å². The molecule has 0 saturated heterocycles. The zero-order valence-corrected chi connectivity index (χ0v) is 11.0. The first-order valence-corrected chi connectivity index (χ1v) is 6.44. The van der Waals surface area contributed by atoms with E-state index in [0.717, 1.165) is 30.9 Å². The molecule has 0 aromatic heterocycles. The van der Waals surface area contributed by atoms with E-state index in [1.54, 1.807) is 0 Å². The van der Waals surface area contributed by atoms with Crippen LogP contribution in [0, 0.1) is 0 Å². The molecule has 1 aliphatic heterocycles. The van der Waals surface area contributed by atoms with Crippen molar-refractivity contribution in [2.24, 2.45) is 0 Å². The molecule has 0 aliphatic carbocycles. The highest BCUT2D eigenvalue weighted by atomic mass is 16.4. The highest BCUT2D eigenvalue weighted by Gasteiger charge is 2.29. The lowest BCUT2D eigenvalue weighted by molar-refractivity contribution is -0.138. The molecule has 1 heterocycles. The van der Waals surface area contributed by atoms with Crippen molar-refractivity contribution in [3.05, 3.63) is 24.3 Å². The van der Waals surface area contributed by atoms with Crippen LogP contribution in [0.4, 0.5) is 11.4 Å². The highest BCUT2D eigenvalue weighted by Crippen LogP contribution is 2.33. The van der Waals surface area contributed by atoms with Gasteiger partial charge in [-0.1, -0.05) is 25.5 Å². The molecule has 0 bridgehead atoms. The van der Waals surface area contributed by atoms with Gasteiger partial charge in [0.25, 0.3) is 0 Å². The molecule has 1 unspecified atom stereocenters. The largest absolute Gasteiger partial charge is 0.480 e. The van der Waals surface area contributed by atoms with Crippen molar-refractivity contribution in [3.8, 4) is 0 Å². The van der Waals surface area contributed by atoms with E-state index in [2.05, 4.69) is 4.90 Å².